The normalized spacial score (nSPS) is 14.9. The molecule has 2 aliphatic rings. The van der Waals surface area contributed by atoms with Gasteiger partial charge in [0.2, 0.25) is 0 Å². The summed E-state index contributed by atoms with van der Waals surface area (Å²) in [5.41, 5.74) is 0.761. The average Bonchev–Trinajstić information content (AvgIpc) is 2.66. The monoisotopic (exact) mass is 391 g/mol. The predicted molar refractivity (Wildman–Crippen MR) is 100 cm³/mol. The van der Waals surface area contributed by atoms with Gasteiger partial charge in [-0.25, -0.2) is 9.78 Å². The van der Waals surface area contributed by atoms with Gasteiger partial charge >= 0.3 is 5.69 Å². The van der Waals surface area contributed by atoms with Crippen LogP contribution in [0.15, 0.2) is 21.7 Å². The average molecular weight is 391 g/mol. The van der Waals surface area contributed by atoms with Gasteiger partial charge in [-0.15, -0.1) is 0 Å². The van der Waals surface area contributed by atoms with Crippen LogP contribution in [-0.4, -0.2) is 71.9 Å². The number of nitrogens with one attached hydrogen (secondary N) is 2. The lowest BCUT2D eigenvalue weighted by molar-refractivity contribution is -0.0802. The fourth-order valence-electron chi connectivity index (χ4n) is 3.06. The highest BCUT2D eigenvalue weighted by atomic mass is 16.4. The summed E-state index contributed by atoms with van der Waals surface area (Å²) in [5.74, 6) is -0.0723. The summed E-state index contributed by atoms with van der Waals surface area (Å²) >= 11 is 0. The first-order chi connectivity index (χ1) is 13.3. The van der Waals surface area contributed by atoms with Crippen LogP contribution in [-0.2, 0) is 6.54 Å². The van der Waals surface area contributed by atoms with Crippen molar-refractivity contribution in [1.82, 2.24) is 19.5 Å². The first kappa shape index (κ1) is 19.9. The first-order valence-corrected chi connectivity index (χ1v) is 8.54. The van der Waals surface area contributed by atoms with E-state index in [9.17, 15) is 24.9 Å². The zero-order valence-electron chi connectivity index (χ0n) is 15.2. The van der Waals surface area contributed by atoms with Gasteiger partial charge in [-0.2, -0.15) is 4.98 Å². The first-order valence-electron chi connectivity index (χ1n) is 8.54. The van der Waals surface area contributed by atoms with Crippen LogP contribution in [0.2, 0.25) is 0 Å². The number of aliphatic hydroxyl groups is 4. The molecule has 150 valence electrons. The van der Waals surface area contributed by atoms with E-state index in [1.807, 2.05) is 6.92 Å². The van der Waals surface area contributed by atoms with E-state index in [4.69, 9.17) is 5.11 Å². The molecule has 0 saturated carbocycles. The second-order valence-electron chi connectivity index (χ2n) is 6.48. The predicted octanol–water partition coefficient (Wildman–Crippen LogP) is -1.99. The number of fused-ring (bicyclic) bond motifs is 2. The van der Waals surface area contributed by atoms with Gasteiger partial charge in [0, 0.05) is 12.7 Å². The Morgan fingerprint density at radius 2 is 1.89 bits per heavy atom. The minimum atomic E-state index is -1.65. The van der Waals surface area contributed by atoms with Crippen LogP contribution in [0, 0.1) is 6.92 Å². The number of aromatic nitrogens is 4. The molecule has 6 N–H and O–H groups in total. The summed E-state index contributed by atoms with van der Waals surface area (Å²) in [6.45, 7) is 0.795. The van der Waals surface area contributed by atoms with Crippen molar-refractivity contribution in [2.24, 2.45) is 0 Å². The summed E-state index contributed by atoms with van der Waals surface area (Å²) in [4.78, 5) is 34.1. The number of aryl methyl sites for hydroxylation is 1. The lowest BCUT2D eigenvalue weighted by Crippen LogP contribution is -2.42. The molecule has 3 rings (SSSR count). The van der Waals surface area contributed by atoms with Crippen molar-refractivity contribution in [3.8, 4) is 11.5 Å². The Bertz CT molecular complexity index is 1090. The number of hydrogen-bond donors (Lipinski definition) is 6. The van der Waals surface area contributed by atoms with Gasteiger partial charge in [0.25, 0.3) is 5.56 Å². The van der Waals surface area contributed by atoms with Crippen molar-refractivity contribution >= 4 is 16.7 Å². The Hall–Kier alpha value is -2.86. The third-order valence-electron chi connectivity index (χ3n) is 4.57. The van der Waals surface area contributed by atoms with E-state index in [2.05, 4.69) is 20.3 Å². The lowest BCUT2D eigenvalue weighted by Gasteiger charge is -2.25. The molecule has 11 heteroatoms. The molecular weight excluding hydrogens is 370 g/mol. The van der Waals surface area contributed by atoms with Crippen LogP contribution in [0.25, 0.3) is 22.6 Å². The standard InChI is InChI=1S/C17H21N5O6/c1-7-3-9-10(4-8(7)18-2)22(5-11(24)14(26)12(25)6-23)15-13(19-9)16(27)21-17(28)20-15/h3-4,11-12,14,18,23-26H,5-6H2,1-2H3,(H,21,27,28)/t11-,12+,14-/m1/s1. The summed E-state index contributed by atoms with van der Waals surface area (Å²) < 4.78 is 1.38. The quantitative estimate of drug-likeness (QED) is 0.260. The third kappa shape index (κ3) is 3.47. The molecule has 1 aromatic carbocycles. The van der Waals surface area contributed by atoms with E-state index in [-0.39, 0.29) is 18.1 Å². The Morgan fingerprint density at radius 1 is 1.18 bits per heavy atom. The third-order valence-corrected chi connectivity index (χ3v) is 4.57. The number of benzene rings is 1. The molecule has 0 aliphatic carbocycles. The Balaban J connectivity index is 2.29. The smallest absolute Gasteiger partial charge is 0.349 e. The van der Waals surface area contributed by atoms with E-state index < -0.39 is 36.2 Å². The second kappa shape index (κ2) is 7.64. The highest BCUT2D eigenvalue weighted by Gasteiger charge is 2.27. The molecule has 0 aromatic heterocycles. The minimum absolute atomic E-state index is 0.0723. The van der Waals surface area contributed by atoms with E-state index in [1.165, 1.54) is 4.57 Å². The van der Waals surface area contributed by atoms with Crippen LogP contribution in [0.4, 0.5) is 5.69 Å². The number of nitrogens with zero attached hydrogens (tertiary/aromatic N) is 3. The van der Waals surface area contributed by atoms with Gasteiger partial charge in [0.1, 0.15) is 18.3 Å². The zero-order valence-corrected chi connectivity index (χ0v) is 15.2. The fourth-order valence-corrected chi connectivity index (χ4v) is 3.06. The molecule has 0 radical (unpaired) electrons. The zero-order chi connectivity index (χ0) is 20.6. The molecule has 2 aliphatic heterocycles. The van der Waals surface area contributed by atoms with Crippen molar-refractivity contribution in [3.05, 3.63) is 38.5 Å². The maximum absolute atomic E-state index is 12.2. The van der Waals surface area contributed by atoms with Crippen LogP contribution < -0.4 is 16.6 Å². The molecule has 0 spiro atoms. The molecule has 0 saturated heterocycles. The molecule has 0 bridgehead atoms. The van der Waals surface area contributed by atoms with E-state index in [0.29, 0.717) is 11.0 Å². The molecule has 0 unspecified atom stereocenters. The Kier molecular flexibility index (Phi) is 5.42. The van der Waals surface area contributed by atoms with Crippen LogP contribution in [0.3, 0.4) is 0 Å². The second-order valence-corrected chi connectivity index (χ2v) is 6.48. The van der Waals surface area contributed by atoms with Crippen LogP contribution in [0.1, 0.15) is 5.56 Å². The number of aliphatic hydroxyl groups excluding tert-OH is 4. The van der Waals surface area contributed by atoms with Gasteiger partial charge in [0.05, 0.1) is 24.2 Å². The van der Waals surface area contributed by atoms with E-state index in [1.54, 1.807) is 19.2 Å². The number of aromatic amines is 1. The summed E-state index contributed by atoms with van der Waals surface area (Å²) in [5, 5.41) is 41.9. The summed E-state index contributed by atoms with van der Waals surface area (Å²) in [6.07, 6.45) is -4.73. The molecule has 11 nitrogen and oxygen atoms in total. The molecule has 2 heterocycles. The molecule has 0 amide bonds. The summed E-state index contributed by atoms with van der Waals surface area (Å²) in [6, 6.07) is 3.44. The number of H-pyrrole nitrogens is 1. The molecule has 0 fully saturated rings. The van der Waals surface area contributed by atoms with Crippen LogP contribution >= 0.6 is 0 Å². The van der Waals surface area contributed by atoms with Gasteiger partial charge in [0.15, 0.2) is 11.5 Å². The highest BCUT2D eigenvalue weighted by Crippen LogP contribution is 2.27. The molecule has 28 heavy (non-hydrogen) atoms. The van der Waals surface area contributed by atoms with Gasteiger partial charge in [-0.3, -0.25) is 9.78 Å². The van der Waals surface area contributed by atoms with Gasteiger partial charge in [-0.1, -0.05) is 0 Å². The molecule has 1 aromatic rings. The van der Waals surface area contributed by atoms with Gasteiger partial charge in [-0.05, 0) is 24.6 Å². The van der Waals surface area contributed by atoms with Gasteiger partial charge < -0.3 is 30.3 Å². The molecule has 3 atom stereocenters. The van der Waals surface area contributed by atoms with E-state index in [0.717, 1.165) is 11.3 Å². The summed E-state index contributed by atoms with van der Waals surface area (Å²) in [7, 11) is 1.72. The minimum Gasteiger partial charge on any atom is -0.394 e. The highest BCUT2D eigenvalue weighted by molar-refractivity contribution is 5.84. The topological polar surface area (TPSA) is 174 Å². The SMILES string of the molecule is CNc1cc2c(cc1C)nc1c(=O)[nH]c(=O)nc-1n2C[C@@H](O)[C@@H](O)[C@@H](O)CO. The maximum Gasteiger partial charge on any atom is 0.349 e. The lowest BCUT2D eigenvalue weighted by atomic mass is 10.1. The van der Waals surface area contributed by atoms with Crippen LogP contribution in [0.5, 0.6) is 0 Å². The maximum atomic E-state index is 12.2. The Morgan fingerprint density at radius 3 is 2.54 bits per heavy atom. The Labute approximate surface area is 158 Å². The molecular formula is C17H21N5O6. The van der Waals surface area contributed by atoms with Crippen molar-refractivity contribution < 1.29 is 20.4 Å². The van der Waals surface area contributed by atoms with Crippen molar-refractivity contribution in [3.63, 3.8) is 0 Å². The number of hydrogen-bond acceptors (Lipinski definition) is 9. The van der Waals surface area contributed by atoms with Crippen molar-refractivity contribution in [1.29, 1.82) is 0 Å². The number of rotatable bonds is 6. The fraction of sp³-hybridized carbons (Fsp3) is 0.412. The van der Waals surface area contributed by atoms with E-state index >= 15 is 0 Å². The number of anilines is 1. The van der Waals surface area contributed by atoms with Crippen molar-refractivity contribution in [2.75, 3.05) is 19.0 Å². The largest absolute Gasteiger partial charge is 0.394 e. The van der Waals surface area contributed by atoms with Crippen molar-refractivity contribution in [2.45, 2.75) is 31.8 Å².